The highest BCUT2D eigenvalue weighted by atomic mass is 35.5. The summed E-state index contributed by atoms with van der Waals surface area (Å²) >= 11 is 1.60. The van der Waals surface area contributed by atoms with Crippen LogP contribution in [-0.4, -0.2) is 41.0 Å². The van der Waals surface area contributed by atoms with Crippen LogP contribution in [0.25, 0.3) is 0 Å². The minimum Gasteiger partial charge on any atom is -0.331 e. The van der Waals surface area contributed by atoms with Gasteiger partial charge in [0, 0.05) is 18.6 Å². The van der Waals surface area contributed by atoms with Crippen molar-refractivity contribution in [3.63, 3.8) is 0 Å². The van der Waals surface area contributed by atoms with Crippen molar-refractivity contribution < 1.29 is 4.79 Å². The van der Waals surface area contributed by atoms with E-state index in [9.17, 15) is 4.79 Å². The molecule has 1 aromatic rings. The Hall–Kier alpha value is -0.360. The Kier molecular flexibility index (Phi) is 7.59. The number of hydrogen-bond acceptors (Lipinski definition) is 4. The number of thiazole rings is 1. The third-order valence-corrected chi connectivity index (χ3v) is 5.59. The molecular weight excluding hydrogens is 341 g/mol. The zero-order chi connectivity index (χ0) is 14.1. The second-order valence-corrected chi connectivity index (χ2v) is 6.95. The van der Waals surface area contributed by atoms with Crippen molar-refractivity contribution in [1.29, 1.82) is 0 Å². The molecule has 7 heteroatoms. The summed E-state index contributed by atoms with van der Waals surface area (Å²) in [5.74, 6) is 0.221. The first kappa shape index (κ1) is 19.7. The van der Waals surface area contributed by atoms with E-state index >= 15 is 0 Å². The van der Waals surface area contributed by atoms with E-state index in [-0.39, 0.29) is 30.7 Å². The van der Waals surface area contributed by atoms with Gasteiger partial charge in [-0.25, -0.2) is 4.98 Å². The maximum Gasteiger partial charge on any atom is 0.266 e. The van der Waals surface area contributed by atoms with Gasteiger partial charge in [0.1, 0.15) is 4.88 Å². The minimum absolute atomic E-state index is 0. The van der Waals surface area contributed by atoms with E-state index in [4.69, 9.17) is 0 Å². The highest BCUT2D eigenvalue weighted by Gasteiger charge is 2.39. The lowest BCUT2D eigenvalue weighted by Crippen LogP contribution is -2.42. The van der Waals surface area contributed by atoms with Gasteiger partial charge in [-0.2, -0.15) is 0 Å². The van der Waals surface area contributed by atoms with Gasteiger partial charge in [-0.15, -0.1) is 36.2 Å². The third-order valence-electron chi connectivity index (χ3n) is 4.39. The number of fused-ring (bicyclic) bond motifs is 2. The molecule has 0 saturated carbocycles. The molecule has 22 heavy (non-hydrogen) atoms. The molecule has 2 fully saturated rings. The largest absolute Gasteiger partial charge is 0.331 e. The van der Waals surface area contributed by atoms with Gasteiger partial charge in [-0.3, -0.25) is 4.79 Å². The van der Waals surface area contributed by atoms with Crippen molar-refractivity contribution in [1.82, 2.24) is 15.2 Å². The van der Waals surface area contributed by atoms with Crippen LogP contribution >= 0.6 is 36.2 Å². The van der Waals surface area contributed by atoms with Crippen molar-refractivity contribution >= 4 is 42.1 Å². The maximum absolute atomic E-state index is 12.9. The van der Waals surface area contributed by atoms with Crippen molar-refractivity contribution in [3.8, 4) is 0 Å². The van der Waals surface area contributed by atoms with E-state index in [0.29, 0.717) is 12.1 Å². The molecule has 0 radical (unpaired) electrons. The van der Waals surface area contributed by atoms with Crippen molar-refractivity contribution in [2.75, 3.05) is 13.1 Å². The van der Waals surface area contributed by atoms with E-state index in [2.05, 4.69) is 22.1 Å². The number of halogens is 2. The monoisotopic (exact) mass is 365 g/mol. The Labute approximate surface area is 148 Å². The summed E-state index contributed by atoms with van der Waals surface area (Å²) in [5, 5.41) is 4.55. The predicted octanol–water partition coefficient (Wildman–Crippen LogP) is 3.21. The van der Waals surface area contributed by atoms with E-state index < -0.39 is 0 Å². The molecule has 2 unspecified atom stereocenters. The Morgan fingerprint density at radius 1 is 1.32 bits per heavy atom. The lowest BCUT2D eigenvalue weighted by molar-refractivity contribution is 0.0684. The first-order chi connectivity index (χ1) is 9.70. The van der Waals surface area contributed by atoms with Gasteiger partial charge in [-0.05, 0) is 45.6 Å². The fourth-order valence-corrected chi connectivity index (χ4v) is 4.51. The number of aryl methyl sites for hydroxylation is 2. The predicted molar refractivity (Wildman–Crippen MR) is 95.8 cm³/mol. The fraction of sp³-hybridized carbons (Fsp3) is 0.733. The number of aromatic nitrogens is 1. The van der Waals surface area contributed by atoms with E-state index in [0.717, 1.165) is 60.8 Å². The summed E-state index contributed by atoms with van der Waals surface area (Å²) in [6.07, 6.45) is 5.45. The molecule has 0 aliphatic carbocycles. The van der Waals surface area contributed by atoms with Crippen LogP contribution in [0.15, 0.2) is 0 Å². The number of carbonyl (C=O) groups excluding carboxylic acids is 1. The molecule has 2 aliphatic rings. The maximum atomic E-state index is 12.9. The van der Waals surface area contributed by atoms with Crippen LogP contribution in [0.3, 0.4) is 0 Å². The Bertz CT molecular complexity index is 495. The summed E-state index contributed by atoms with van der Waals surface area (Å²) in [7, 11) is 0. The highest BCUT2D eigenvalue weighted by Crippen LogP contribution is 2.31. The third kappa shape index (κ3) is 3.75. The second-order valence-electron chi connectivity index (χ2n) is 5.86. The molecule has 2 saturated heterocycles. The topological polar surface area (TPSA) is 45.2 Å². The zero-order valence-electron chi connectivity index (χ0n) is 13.1. The number of nitrogens with zero attached hydrogens (tertiary/aromatic N) is 2. The summed E-state index contributed by atoms with van der Waals surface area (Å²) in [4.78, 5) is 20.5. The van der Waals surface area contributed by atoms with Gasteiger partial charge in [0.15, 0.2) is 0 Å². The van der Waals surface area contributed by atoms with Gasteiger partial charge in [0.2, 0.25) is 0 Å². The number of carbonyl (C=O) groups is 1. The van der Waals surface area contributed by atoms with Crippen LogP contribution in [0, 0.1) is 6.92 Å². The summed E-state index contributed by atoms with van der Waals surface area (Å²) < 4.78 is 0. The van der Waals surface area contributed by atoms with Gasteiger partial charge < -0.3 is 10.2 Å². The Morgan fingerprint density at radius 3 is 2.77 bits per heavy atom. The van der Waals surface area contributed by atoms with Gasteiger partial charge in [0.05, 0.1) is 10.7 Å². The van der Waals surface area contributed by atoms with Crippen LogP contribution in [-0.2, 0) is 6.42 Å². The summed E-state index contributed by atoms with van der Waals surface area (Å²) in [6, 6.07) is 0.810. The van der Waals surface area contributed by atoms with Crippen LogP contribution < -0.4 is 5.32 Å². The van der Waals surface area contributed by atoms with Crippen LogP contribution in [0.2, 0.25) is 0 Å². The molecule has 2 aliphatic heterocycles. The lowest BCUT2D eigenvalue weighted by atomic mass is 10.1. The fourth-order valence-electron chi connectivity index (χ4n) is 3.40. The van der Waals surface area contributed by atoms with E-state index in [1.165, 1.54) is 0 Å². The van der Waals surface area contributed by atoms with Gasteiger partial charge >= 0.3 is 0 Å². The van der Waals surface area contributed by atoms with Gasteiger partial charge in [0.25, 0.3) is 5.91 Å². The molecule has 0 spiro atoms. The highest BCUT2D eigenvalue weighted by molar-refractivity contribution is 7.13. The van der Waals surface area contributed by atoms with Crippen molar-refractivity contribution in [2.45, 2.75) is 58.0 Å². The van der Waals surface area contributed by atoms with E-state index in [1.807, 2.05) is 6.92 Å². The Morgan fingerprint density at radius 2 is 2.05 bits per heavy atom. The molecule has 4 nitrogen and oxygen atoms in total. The molecule has 1 aromatic heterocycles. The SMILES string of the molecule is CCCc1nc(C)c(C(=O)N2C3CCNCC2CC3)s1.Cl.Cl. The molecule has 0 aromatic carbocycles. The molecule has 2 atom stereocenters. The second kappa shape index (κ2) is 8.48. The van der Waals surface area contributed by atoms with Crippen LogP contribution in [0.4, 0.5) is 0 Å². The van der Waals surface area contributed by atoms with Crippen molar-refractivity contribution in [2.24, 2.45) is 0 Å². The van der Waals surface area contributed by atoms with Crippen LogP contribution in [0.5, 0.6) is 0 Å². The molecule has 2 bridgehead atoms. The average Bonchev–Trinajstić information content (AvgIpc) is 2.88. The number of hydrogen-bond donors (Lipinski definition) is 1. The molecule has 1 N–H and O–H groups in total. The smallest absolute Gasteiger partial charge is 0.266 e. The first-order valence-corrected chi connectivity index (χ1v) is 8.52. The molecular formula is C15H25Cl2N3OS. The summed E-state index contributed by atoms with van der Waals surface area (Å²) in [5.41, 5.74) is 0.917. The number of rotatable bonds is 3. The number of amides is 1. The van der Waals surface area contributed by atoms with Gasteiger partial charge in [-0.1, -0.05) is 6.92 Å². The van der Waals surface area contributed by atoms with Crippen LogP contribution in [0.1, 0.15) is 53.0 Å². The standard InChI is InChI=1S/C15H23N3OS.2ClH/c1-3-4-13-17-10(2)14(20-13)15(19)18-11-5-6-12(18)9-16-8-7-11;;/h11-12,16H,3-9H2,1-2H3;2*1H. The number of nitrogens with one attached hydrogen (secondary N) is 1. The molecule has 3 rings (SSSR count). The lowest BCUT2D eigenvalue weighted by Gasteiger charge is -2.27. The molecule has 126 valence electrons. The Balaban J connectivity index is 0.00000121. The molecule has 1 amide bonds. The summed E-state index contributed by atoms with van der Waals surface area (Å²) in [6.45, 7) is 6.11. The normalized spacial score (nSPS) is 23.5. The average molecular weight is 366 g/mol. The molecule has 3 heterocycles. The van der Waals surface area contributed by atoms with E-state index in [1.54, 1.807) is 11.3 Å². The zero-order valence-corrected chi connectivity index (χ0v) is 15.6. The quantitative estimate of drug-likeness (QED) is 0.894. The first-order valence-electron chi connectivity index (χ1n) is 7.70. The van der Waals surface area contributed by atoms with Crippen molar-refractivity contribution in [3.05, 3.63) is 15.6 Å². The minimum atomic E-state index is 0.